The Morgan fingerprint density at radius 3 is 2.94 bits per heavy atom. The molecule has 0 radical (unpaired) electrons. The molecule has 2 heteroatoms. The fourth-order valence-corrected chi connectivity index (χ4v) is 2.42. The van der Waals surface area contributed by atoms with Crippen molar-refractivity contribution in [2.24, 2.45) is 0 Å². The van der Waals surface area contributed by atoms with Crippen LogP contribution in [0.4, 0.5) is 0 Å². The fraction of sp³-hybridized carbons (Fsp3) is 0.429. The minimum atomic E-state index is 0.224. The molecule has 16 heavy (non-hydrogen) atoms. The molecule has 1 aliphatic rings. The van der Waals surface area contributed by atoms with Crippen LogP contribution in [0.25, 0.3) is 0 Å². The summed E-state index contributed by atoms with van der Waals surface area (Å²) in [5.41, 5.74) is 2.96. The number of benzene rings is 1. The molecule has 1 N–H and O–H groups in total. The quantitative estimate of drug-likeness (QED) is 0.735. The molecule has 1 aliphatic carbocycles. The van der Waals surface area contributed by atoms with Gasteiger partial charge in [0.15, 0.2) is 0 Å². The first-order chi connectivity index (χ1) is 7.85. The minimum absolute atomic E-state index is 0.224. The van der Waals surface area contributed by atoms with Crippen molar-refractivity contribution in [3.8, 4) is 0 Å². The largest absolute Gasteiger partial charge is 0.395 e. The molecule has 2 nitrogen and oxygen atoms in total. The molecule has 0 saturated carbocycles. The Kier molecular flexibility index (Phi) is 3.75. The summed E-state index contributed by atoms with van der Waals surface area (Å²) < 4.78 is 0. The summed E-state index contributed by atoms with van der Waals surface area (Å²) >= 11 is 0. The molecule has 0 bridgehead atoms. The van der Waals surface area contributed by atoms with Gasteiger partial charge >= 0.3 is 0 Å². The summed E-state index contributed by atoms with van der Waals surface area (Å²) in [6.45, 7) is 6.61. The summed E-state index contributed by atoms with van der Waals surface area (Å²) in [5, 5.41) is 8.99. The van der Waals surface area contributed by atoms with Crippen molar-refractivity contribution >= 4 is 0 Å². The number of fused-ring (bicyclic) bond motifs is 1. The van der Waals surface area contributed by atoms with Crippen LogP contribution in [0.3, 0.4) is 0 Å². The van der Waals surface area contributed by atoms with E-state index in [0.29, 0.717) is 5.92 Å². The van der Waals surface area contributed by atoms with Crippen molar-refractivity contribution in [1.29, 1.82) is 0 Å². The highest BCUT2D eigenvalue weighted by atomic mass is 16.3. The molecule has 0 fully saturated rings. The van der Waals surface area contributed by atoms with Gasteiger partial charge in [0.05, 0.1) is 6.61 Å². The second-order valence-electron chi connectivity index (χ2n) is 4.37. The van der Waals surface area contributed by atoms with Gasteiger partial charge in [-0.1, -0.05) is 30.3 Å². The summed E-state index contributed by atoms with van der Waals surface area (Å²) in [4.78, 5) is 2.26. The third kappa shape index (κ3) is 2.34. The zero-order chi connectivity index (χ0) is 11.4. The molecule has 1 unspecified atom stereocenters. The van der Waals surface area contributed by atoms with E-state index in [9.17, 15) is 0 Å². The monoisotopic (exact) mass is 217 g/mol. The first kappa shape index (κ1) is 11.4. The molecule has 0 spiro atoms. The molecule has 1 aromatic carbocycles. The molecule has 1 aromatic rings. The van der Waals surface area contributed by atoms with Gasteiger partial charge in [-0.05, 0) is 17.5 Å². The van der Waals surface area contributed by atoms with Crippen LogP contribution in [-0.2, 0) is 6.42 Å². The molecular formula is C14H19NO. The Labute approximate surface area is 97.2 Å². The first-order valence-electron chi connectivity index (χ1n) is 5.87. The van der Waals surface area contributed by atoms with Gasteiger partial charge in [0.2, 0.25) is 0 Å². The maximum absolute atomic E-state index is 8.99. The highest BCUT2D eigenvalue weighted by Gasteiger charge is 2.26. The molecular weight excluding hydrogens is 198 g/mol. The zero-order valence-corrected chi connectivity index (χ0v) is 9.60. The van der Waals surface area contributed by atoms with Crippen LogP contribution in [0.1, 0.15) is 17.0 Å². The zero-order valence-electron chi connectivity index (χ0n) is 9.60. The summed E-state index contributed by atoms with van der Waals surface area (Å²) in [7, 11) is 0. The Morgan fingerprint density at radius 1 is 1.44 bits per heavy atom. The Balaban J connectivity index is 1.93. The smallest absolute Gasteiger partial charge is 0.0558 e. The number of rotatable bonds is 6. The van der Waals surface area contributed by atoms with Crippen molar-refractivity contribution in [2.75, 3.05) is 26.2 Å². The van der Waals surface area contributed by atoms with E-state index in [1.54, 1.807) is 0 Å². The SMILES string of the molecule is C=CCN(CCO)CC1Cc2ccccc21. The van der Waals surface area contributed by atoms with Gasteiger partial charge in [-0.15, -0.1) is 6.58 Å². The van der Waals surface area contributed by atoms with Crippen molar-refractivity contribution in [1.82, 2.24) is 4.90 Å². The van der Waals surface area contributed by atoms with Gasteiger partial charge in [-0.2, -0.15) is 0 Å². The van der Waals surface area contributed by atoms with Crippen molar-refractivity contribution in [3.05, 3.63) is 48.0 Å². The second kappa shape index (κ2) is 5.28. The predicted molar refractivity (Wildman–Crippen MR) is 66.6 cm³/mol. The maximum atomic E-state index is 8.99. The number of hydrogen-bond donors (Lipinski definition) is 1. The van der Waals surface area contributed by atoms with E-state index in [2.05, 4.69) is 35.7 Å². The molecule has 0 amide bonds. The normalized spacial score (nSPS) is 18.0. The lowest BCUT2D eigenvalue weighted by atomic mass is 9.77. The molecule has 2 rings (SSSR count). The molecule has 0 aliphatic heterocycles. The number of nitrogens with zero attached hydrogens (tertiary/aromatic N) is 1. The van der Waals surface area contributed by atoms with Crippen molar-refractivity contribution < 1.29 is 5.11 Å². The van der Waals surface area contributed by atoms with Gasteiger partial charge in [-0.3, -0.25) is 4.90 Å². The highest BCUT2D eigenvalue weighted by molar-refractivity contribution is 5.40. The number of aliphatic hydroxyl groups is 1. The van der Waals surface area contributed by atoms with Crippen LogP contribution in [0.5, 0.6) is 0 Å². The van der Waals surface area contributed by atoms with Crippen LogP contribution in [-0.4, -0.2) is 36.2 Å². The summed E-state index contributed by atoms with van der Waals surface area (Å²) in [6, 6.07) is 8.63. The Morgan fingerprint density at radius 2 is 2.25 bits per heavy atom. The van der Waals surface area contributed by atoms with Crippen LogP contribution in [0.2, 0.25) is 0 Å². The third-order valence-corrected chi connectivity index (χ3v) is 3.24. The van der Waals surface area contributed by atoms with Gasteiger partial charge in [0, 0.05) is 25.6 Å². The fourth-order valence-electron chi connectivity index (χ4n) is 2.42. The lowest BCUT2D eigenvalue weighted by Crippen LogP contribution is -2.35. The van der Waals surface area contributed by atoms with Gasteiger partial charge in [0.1, 0.15) is 0 Å². The summed E-state index contributed by atoms with van der Waals surface area (Å²) in [5.74, 6) is 0.641. The van der Waals surface area contributed by atoms with Crippen molar-refractivity contribution in [3.63, 3.8) is 0 Å². The molecule has 1 atom stereocenters. The number of aliphatic hydroxyl groups excluding tert-OH is 1. The molecule has 0 saturated heterocycles. The van der Waals surface area contributed by atoms with E-state index in [-0.39, 0.29) is 6.61 Å². The van der Waals surface area contributed by atoms with E-state index in [4.69, 9.17) is 5.11 Å². The Hall–Kier alpha value is -1.12. The first-order valence-corrected chi connectivity index (χ1v) is 5.87. The Bertz CT molecular complexity index is 362. The molecule has 0 aromatic heterocycles. The van der Waals surface area contributed by atoms with E-state index in [1.807, 2.05) is 6.08 Å². The molecule has 0 heterocycles. The third-order valence-electron chi connectivity index (χ3n) is 3.24. The molecule has 86 valence electrons. The lowest BCUT2D eigenvalue weighted by Gasteiger charge is -2.34. The van der Waals surface area contributed by atoms with E-state index < -0.39 is 0 Å². The maximum Gasteiger partial charge on any atom is 0.0558 e. The van der Waals surface area contributed by atoms with Crippen LogP contribution in [0, 0.1) is 0 Å². The van der Waals surface area contributed by atoms with Crippen LogP contribution in [0.15, 0.2) is 36.9 Å². The van der Waals surface area contributed by atoms with Crippen molar-refractivity contribution in [2.45, 2.75) is 12.3 Å². The van der Waals surface area contributed by atoms with Gasteiger partial charge in [0.25, 0.3) is 0 Å². The standard InChI is InChI=1S/C14H19NO/c1-2-7-15(8-9-16)11-13-10-12-5-3-4-6-14(12)13/h2-6,13,16H,1,7-11H2. The number of hydrogen-bond acceptors (Lipinski definition) is 2. The predicted octanol–water partition coefficient (Wildman–Crippen LogP) is 1.81. The van der Waals surface area contributed by atoms with Gasteiger partial charge < -0.3 is 5.11 Å². The van der Waals surface area contributed by atoms with Crippen LogP contribution >= 0.6 is 0 Å². The van der Waals surface area contributed by atoms with Crippen LogP contribution < -0.4 is 0 Å². The van der Waals surface area contributed by atoms with Gasteiger partial charge in [-0.25, -0.2) is 0 Å². The average Bonchev–Trinajstić information content (AvgIpc) is 2.26. The lowest BCUT2D eigenvalue weighted by molar-refractivity contribution is 0.197. The highest BCUT2D eigenvalue weighted by Crippen LogP contribution is 2.35. The average molecular weight is 217 g/mol. The minimum Gasteiger partial charge on any atom is -0.395 e. The summed E-state index contributed by atoms with van der Waals surface area (Å²) in [6.07, 6.45) is 3.08. The second-order valence-corrected chi connectivity index (χ2v) is 4.37. The topological polar surface area (TPSA) is 23.5 Å². The van der Waals surface area contributed by atoms with E-state index in [1.165, 1.54) is 17.5 Å². The van der Waals surface area contributed by atoms with E-state index in [0.717, 1.165) is 19.6 Å². The van der Waals surface area contributed by atoms with E-state index >= 15 is 0 Å².